The van der Waals surface area contributed by atoms with Crippen LogP contribution in [0.1, 0.15) is 55.8 Å². The first-order valence-corrected chi connectivity index (χ1v) is 12.6. The number of amides is 2. The maximum absolute atomic E-state index is 13.4. The highest BCUT2D eigenvalue weighted by Crippen LogP contribution is 2.39. The van der Waals surface area contributed by atoms with Crippen molar-refractivity contribution in [3.8, 4) is 0 Å². The molecule has 0 aromatic heterocycles. The maximum atomic E-state index is 13.4. The summed E-state index contributed by atoms with van der Waals surface area (Å²) in [5, 5.41) is 10.6. The second kappa shape index (κ2) is 10.9. The molecule has 2 saturated heterocycles. The van der Waals surface area contributed by atoms with E-state index in [0.717, 1.165) is 31.6 Å². The fourth-order valence-corrected chi connectivity index (χ4v) is 5.57. The monoisotopic (exact) mass is 517 g/mol. The van der Waals surface area contributed by atoms with Gasteiger partial charge in [-0.15, -0.1) is 0 Å². The van der Waals surface area contributed by atoms with Crippen LogP contribution in [0.25, 0.3) is 0 Å². The van der Waals surface area contributed by atoms with E-state index in [4.69, 9.17) is 11.6 Å². The van der Waals surface area contributed by atoms with Gasteiger partial charge in [-0.05, 0) is 62.1 Å². The molecule has 3 rings (SSSR count). The average Bonchev–Trinajstić information content (AvgIpc) is 2.82. The highest BCUT2D eigenvalue weighted by Gasteiger charge is 2.60. The van der Waals surface area contributed by atoms with E-state index in [1.54, 1.807) is 20.2 Å². The number of rotatable bonds is 6. The molecular formula is C25H35ClF3N3O3. The molecule has 2 aliphatic rings. The largest absolute Gasteiger partial charge is 0.426 e. The predicted molar refractivity (Wildman–Crippen MR) is 130 cm³/mol. The predicted octanol–water partition coefficient (Wildman–Crippen LogP) is 4.59. The van der Waals surface area contributed by atoms with E-state index in [1.165, 1.54) is 16.7 Å². The molecule has 1 aromatic carbocycles. The molecule has 35 heavy (non-hydrogen) atoms. The fourth-order valence-electron chi connectivity index (χ4n) is 5.31. The van der Waals surface area contributed by atoms with Crippen LogP contribution in [0.5, 0.6) is 0 Å². The van der Waals surface area contributed by atoms with Gasteiger partial charge in [0.25, 0.3) is 11.8 Å². The van der Waals surface area contributed by atoms with E-state index in [9.17, 15) is 27.9 Å². The lowest BCUT2D eigenvalue weighted by atomic mass is 9.78. The summed E-state index contributed by atoms with van der Waals surface area (Å²) in [5.41, 5.74) is -1.87. The molecule has 1 atom stereocenters. The van der Waals surface area contributed by atoms with E-state index in [1.807, 2.05) is 12.1 Å². The van der Waals surface area contributed by atoms with Crippen LogP contribution in [0.15, 0.2) is 18.2 Å². The first kappa shape index (κ1) is 27.6. The van der Waals surface area contributed by atoms with E-state index >= 15 is 0 Å². The normalized spacial score (nSPS) is 20.0. The lowest BCUT2D eigenvalue weighted by molar-refractivity contribution is -0.259. The quantitative estimate of drug-likeness (QED) is 0.599. The van der Waals surface area contributed by atoms with Crippen LogP contribution in [0.4, 0.5) is 18.9 Å². The molecule has 0 spiro atoms. The minimum atomic E-state index is -4.98. The third kappa shape index (κ3) is 5.88. The lowest BCUT2D eigenvalue weighted by Gasteiger charge is -2.42. The van der Waals surface area contributed by atoms with Crippen molar-refractivity contribution in [3.05, 3.63) is 28.8 Å². The summed E-state index contributed by atoms with van der Waals surface area (Å²) in [4.78, 5) is 29.7. The minimum absolute atomic E-state index is 0.0662. The number of alkyl halides is 3. The van der Waals surface area contributed by atoms with Gasteiger partial charge in [-0.3, -0.25) is 9.59 Å². The topological polar surface area (TPSA) is 64.1 Å². The van der Waals surface area contributed by atoms with E-state index in [2.05, 4.69) is 4.90 Å². The average molecular weight is 518 g/mol. The number of likely N-dealkylation sites (tertiary alicyclic amines) is 1. The third-order valence-electron chi connectivity index (χ3n) is 7.42. The van der Waals surface area contributed by atoms with Crippen LogP contribution in [0.3, 0.4) is 0 Å². The molecule has 6 nitrogen and oxygen atoms in total. The van der Waals surface area contributed by atoms with Gasteiger partial charge in [0.15, 0.2) is 0 Å². The SMILES string of the molecule is CCCC(O)(C(=O)N1CCC(C2CCN(c3ccc(C(=O)N(C)C)c(Cl)c3)CC2)CC1)C(F)(F)F. The Balaban J connectivity index is 1.54. The molecule has 196 valence electrons. The van der Waals surface area contributed by atoms with Crippen LogP contribution in [-0.2, 0) is 4.79 Å². The Morgan fingerprint density at radius 3 is 2.06 bits per heavy atom. The number of piperidine rings is 2. The zero-order valence-corrected chi connectivity index (χ0v) is 21.3. The molecule has 0 radical (unpaired) electrons. The summed E-state index contributed by atoms with van der Waals surface area (Å²) < 4.78 is 40.3. The van der Waals surface area contributed by atoms with Crippen molar-refractivity contribution in [3.63, 3.8) is 0 Å². The number of hydrogen-bond donors (Lipinski definition) is 1. The van der Waals surface area contributed by atoms with Gasteiger partial charge in [0.05, 0.1) is 10.6 Å². The van der Waals surface area contributed by atoms with Crippen molar-refractivity contribution in [1.82, 2.24) is 9.80 Å². The van der Waals surface area contributed by atoms with Gasteiger partial charge in [-0.1, -0.05) is 24.9 Å². The lowest BCUT2D eigenvalue weighted by Crippen LogP contribution is -2.59. The Bertz CT molecular complexity index is 911. The van der Waals surface area contributed by atoms with Gasteiger partial charge in [-0.2, -0.15) is 13.2 Å². The van der Waals surface area contributed by atoms with Crippen LogP contribution < -0.4 is 4.90 Å². The number of benzene rings is 1. The zero-order chi connectivity index (χ0) is 26.0. The summed E-state index contributed by atoms with van der Waals surface area (Å²) in [6.07, 6.45) is -2.37. The highest BCUT2D eigenvalue weighted by atomic mass is 35.5. The molecule has 0 saturated carbocycles. The molecule has 1 N–H and O–H groups in total. The molecule has 0 aliphatic carbocycles. The van der Waals surface area contributed by atoms with Crippen molar-refractivity contribution in [2.45, 2.75) is 57.2 Å². The number of nitrogens with zero attached hydrogens (tertiary/aromatic N) is 3. The smallest absolute Gasteiger partial charge is 0.373 e. The van der Waals surface area contributed by atoms with Crippen LogP contribution in [0, 0.1) is 11.8 Å². The molecule has 2 amide bonds. The van der Waals surface area contributed by atoms with Crippen LogP contribution in [0.2, 0.25) is 5.02 Å². The van der Waals surface area contributed by atoms with Crippen molar-refractivity contribution in [2.75, 3.05) is 45.2 Å². The first-order chi connectivity index (χ1) is 16.4. The summed E-state index contributed by atoms with van der Waals surface area (Å²) in [6, 6.07) is 5.48. The van der Waals surface area contributed by atoms with Gasteiger partial charge in [0.1, 0.15) is 0 Å². The Hall–Kier alpha value is -2.00. The Labute approximate surface area is 210 Å². The Morgan fingerprint density at radius 2 is 1.60 bits per heavy atom. The maximum Gasteiger partial charge on any atom is 0.426 e. The van der Waals surface area contributed by atoms with Crippen molar-refractivity contribution in [2.24, 2.45) is 11.8 Å². The van der Waals surface area contributed by atoms with E-state index in [-0.39, 0.29) is 25.4 Å². The second-order valence-corrected chi connectivity index (χ2v) is 10.3. The van der Waals surface area contributed by atoms with Gasteiger partial charge < -0.3 is 19.8 Å². The van der Waals surface area contributed by atoms with Crippen LogP contribution >= 0.6 is 11.6 Å². The van der Waals surface area contributed by atoms with Crippen molar-refractivity contribution >= 4 is 29.1 Å². The van der Waals surface area contributed by atoms with Crippen molar-refractivity contribution in [1.29, 1.82) is 0 Å². The fraction of sp³-hybridized carbons (Fsp3) is 0.680. The molecule has 2 heterocycles. The minimum Gasteiger partial charge on any atom is -0.373 e. The number of aliphatic hydroxyl groups is 1. The van der Waals surface area contributed by atoms with Gasteiger partial charge >= 0.3 is 6.18 Å². The molecule has 2 fully saturated rings. The summed E-state index contributed by atoms with van der Waals surface area (Å²) in [5.74, 6) is -0.581. The van der Waals surface area contributed by atoms with Crippen molar-refractivity contribution < 1.29 is 27.9 Å². The Morgan fingerprint density at radius 1 is 1.06 bits per heavy atom. The summed E-state index contributed by atoms with van der Waals surface area (Å²) >= 11 is 6.36. The zero-order valence-electron chi connectivity index (χ0n) is 20.6. The molecular weight excluding hydrogens is 483 g/mol. The van der Waals surface area contributed by atoms with E-state index < -0.39 is 24.1 Å². The third-order valence-corrected chi connectivity index (χ3v) is 7.73. The number of carbonyl (C=O) groups excluding carboxylic acids is 2. The van der Waals surface area contributed by atoms with Gasteiger partial charge in [0, 0.05) is 46.0 Å². The molecule has 1 aromatic rings. The Kier molecular flexibility index (Phi) is 8.63. The highest BCUT2D eigenvalue weighted by molar-refractivity contribution is 6.34. The van der Waals surface area contributed by atoms with Gasteiger partial charge in [0.2, 0.25) is 5.60 Å². The van der Waals surface area contributed by atoms with E-state index in [0.29, 0.717) is 35.3 Å². The number of hydrogen-bond acceptors (Lipinski definition) is 4. The molecule has 2 aliphatic heterocycles. The number of halogens is 4. The molecule has 1 unspecified atom stereocenters. The second-order valence-electron chi connectivity index (χ2n) is 9.93. The first-order valence-electron chi connectivity index (χ1n) is 12.2. The standard InChI is InChI=1S/C25H35ClF3N3O3/c1-4-11-24(35,25(27,28)29)23(34)32-14-9-18(10-15-32)17-7-12-31(13-8-17)19-5-6-20(21(26)16-19)22(33)30(2)3/h5-6,16-18,35H,4,7-15H2,1-3H3. The van der Waals surface area contributed by atoms with Gasteiger partial charge in [-0.25, -0.2) is 0 Å². The number of carbonyl (C=O) groups is 2. The summed E-state index contributed by atoms with van der Waals surface area (Å²) in [6.45, 7) is 3.65. The number of anilines is 1. The van der Waals surface area contributed by atoms with Crippen LogP contribution in [-0.4, -0.2) is 78.8 Å². The molecule has 10 heteroatoms. The molecule has 0 bridgehead atoms. The summed E-state index contributed by atoms with van der Waals surface area (Å²) in [7, 11) is 3.36.